The summed E-state index contributed by atoms with van der Waals surface area (Å²) in [6.45, 7) is 6.41. The number of benzene rings is 2. The van der Waals surface area contributed by atoms with Gasteiger partial charge in [-0.25, -0.2) is 4.79 Å². The summed E-state index contributed by atoms with van der Waals surface area (Å²) >= 11 is 0. The second-order valence-electron chi connectivity index (χ2n) is 7.30. The minimum atomic E-state index is -0.943. The lowest BCUT2D eigenvalue weighted by molar-refractivity contribution is 0.0697. The third-order valence-electron chi connectivity index (χ3n) is 4.43. The van der Waals surface area contributed by atoms with Gasteiger partial charge >= 0.3 is 5.97 Å². The standard InChI is InChI=1S/C20H22N2O3/c1-20(2,3)18-12-17(13-6-10-16(23)11-7-13)22(21-18)15-8-4-14(5-9-15)19(24)25/h4-11,17,23H,12H2,1-3H3,(H,24,25). The molecule has 2 aromatic rings. The normalized spacial score (nSPS) is 17.5. The van der Waals surface area contributed by atoms with Crippen LogP contribution in [0.5, 0.6) is 5.75 Å². The van der Waals surface area contributed by atoms with Crippen LogP contribution in [-0.2, 0) is 0 Å². The van der Waals surface area contributed by atoms with Crippen molar-refractivity contribution in [3.63, 3.8) is 0 Å². The smallest absolute Gasteiger partial charge is 0.335 e. The number of hydrazone groups is 1. The van der Waals surface area contributed by atoms with Gasteiger partial charge in [0, 0.05) is 17.5 Å². The Labute approximate surface area is 147 Å². The highest BCUT2D eigenvalue weighted by Gasteiger charge is 2.34. The number of carbonyl (C=O) groups is 1. The number of phenolic OH excluding ortho intramolecular Hbond substituents is 1. The maximum absolute atomic E-state index is 11.1. The Balaban J connectivity index is 1.99. The number of nitrogens with zero attached hydrogens (tertiary/aromatic N) is 2. The number of anilines is 1. The molecule has 2 aromatic carbocycles. The maximum Gasteiger partial charge on any atom is 0.335 e. The summed E-state index contributed by atoms with van der Waals surface area (Å²) in [7, 11) is 0. The van der Waals surface area contributed by atoms with Gasteiger partial charge in [0.2, 0.25) is 0 Å². The highest BCUT2D eigenvalue weighted by atomic mass is 16.4. The fourth-order valence-electron chi connectivity index (χ4n) is 2.92. The molecule has 130 valence electrons. The predicted octanol–water partition coefficient (Wildman–Crippen LogP) is 4.44. The van der Waals surface area contributed by atoms with Crippen LogP contribution in [0.3, 0.4) is 0 Å². The number of hydrogen-bond donors (Lipinski definition) is 2. The monoisotopic (exact) mass is 338 g/mol. The van der Waals surface area contributed by atoms with E-state index < -0.39 is 5.97 Å². The van der Waals surface area contributed by atoms with Gasteiger partial charge in [-0.1, -0.05) is 32.9 Å². The van der Waals surface area contributed by atoms with E-state index in [1.165, 1.54) is 0 Å². The fraction of sp³-hybridized carbons (Fsp3) is 0.300. The zero-order chi connectivity index (χ0) is 18.2. The van der Waals surface area contributed by atoms with Crippen molar-refractivity contribution < 1.29 is 15.0 Å². The molecule has 5 nitrogen and oxygen atoms in total. The molecule has 0 bridgehead atoms. The average Bonchev–Trinajstić information content (AvgIpc) is 3.01. The lowest BCUT2D eigenvalue weighted by atomic mass is 9.86. The van der Waals surface area contributed by atoms with Crippen LogP contribution in [0.15, 0.2) is 53.6 Å². The molecule has 25 heavy (non-hydrogen) atoms. The van der Waals surface area contributed by atoms with E-state index in [0.717, 1.165) is 23.4 Å². The minimum Gasteiger partial charge on any atom is -0.508 e. The topological polar surface area (TPSA) is 73.1 Å². The van der Waals surface area contributed by atoms with E-state index in [1.54, 1.807) is 36.4 Å². The summed E-state index contributed by atoms with van der Waals surface area (Å²) in [5.74, 6) is -0.710. The molecule has 5 heteroatoms. The SMILES string of the molecule is CC(C)(C)C1=NN(c2ccc(C(=O)O)cc2)C(c2ccc(O)cc2)C1. The van der Waals surface area contributed by atoms with Gasteiger partial charge in [0.1, 0.15) is 5.75 Å². The zero-order valence-electron chi connectivity index (χ0n) is 14.6. The predicted molar refractivity (Wildman–Crippen MR) is 98.2 cm³/mol. The lowest BCUT2D eigenvalue weighted by Gasteiger charge is -2.24. The van der Waals surface area contributed by atoms with Crippen molar-refractivity contribution in [1.82, 2.24) is 0 Å². The molecule has 1 unspecified atom stereocenters. The second-order valence-corrected chi connectivity index (χ2v) is 7.30. The van der Waals surface area contributed by atoms with Crippen LogP contribution >= 0.6 is 0 Å². The number of aromatic hydroxyl groups is 1. The van der Waals surface area contributed by atoms with Crippen molar-refractivity contribution >= 4 is 17.4 Å². The van der Waals surface area contributed by atoms with Gasteiger partial charge in [-0.3, -0.25) is 5.01 Å². The fourth-order valence-corrected chi connectivity index (χ4v) is 2.92. The third-order valence-corrected chi connectivity index (χ3v) is 4.43. The Kier molecular flexibility index (Phi) is 4.25. The summed E-state index contributed by atoms with van der Waals surface area (Å²) in [5.41, 5.74) is 3.20. The first-order valence-corrected chi connectivity index (χ1v) is 8.25. The molecule has 2 N–H and O–H groups in total. The van der Waals surface area contributed by atoms with E-state index in [4.69, 9.17) is 10.2 Å². The van der Waals surface area contributed by atoms with E-state index in [9.17, 15) is 9.90 Å². The number of aromatic carboxylic acids is 1. The largest absolute Gasteiger partial charge is 0.508 e. The highest BCUT2D eigenvalue weighted by Crippen LogP contribution is 2.39. The number of carboxylic acid groups (broad SMARTS) is 1. The highest BCUT2D eigenvalue weighted by molar-refractivity contribution is 5.93. The summed E-state index contributed by atoms with van der Waals surface area (Å²) < 4.78 is 0. The van der Waals surface area contributed by atoms with Gasteiger partial charge in [0.15, 0.2) is 0 Å². The summed E-state index contributed by atoms with van der Waals surface area (Å²) in [6.07, 6.45) is 0.787. The van der Waals surface area contributed by atoms with Crippen molar-refractivity contribution in [1.29, 1.82) is 0 Å². The minimum absolute atomic E-state index is 0.0190. The molecule has 1 aliphatic rings. The Hall–Kier alpha value is -2.82. The second kappa shape index (κ2) is 6.24. The van der Waals surface area contributed by atoms with Crippen LogP contribution in [0.25, 0.3) is 0 Å². The van der Waals surface area contributed by atoms with E-state index in [-0.39, 0.29) is 22.8 Å². The first-order chi connectivity index (χ1) is 11.8. The van der Waals surface area contributed by atoms with Crippen molar-refractivity contribution in [2.75, 3.05) is 5.01 Å². The Morgan fingerprint density at radius 2 is 1.68 bits per heavy atom. The van der Waals surface area contributed by atoms with Crippen LogP contribution in [0.1, 0.15) is 49.2 Å². The van der Waals surface area contributed by atoms with Crippen molar-refractivity contribution in [3.8, 4) is 5.75 Å². The van der Waals surface area contributed by atoms with Crippen molar-refractivity contribution in [3.05, 3.63) is 59.7 Å². The summed E-state index contributed by atoms with van der Waals surface area (Å²) in [6, 6.07) is 13.9. The summed E-state index contributed by atoms with van der Waals surface area (Å²) in [5, 5.41) is 25.4. The van der Waals surface area contributed by atoms with Crippen LogP contribution in [0.2, 0.25) is 0 Å². The van der Waals surface area contributed by atoms with Gasteiger partial charge in [-0.05, 0) is 42.0 Å². The molecule has 0 spiro atoms. The van der Waals surface area contributed by atoms with E-state index in [2.05, 4.69) is 20.8 Å². The molecule has 1 heterocycles. The Morgan fingerprint density at radius 1 is 1.08 bits per heavy atom. The molecule has 0 aliphatic carbocycles. The van der Waals surface area contributed by atoms with Crippen LogP contribution in [-0.4, -0.2) is 21.9 Å². The number of carboxylic acids is 1. The number of hydrogen-bond acceptors (Lipinski definition) is 4. The molecular formula is C20H22N2O3. The van der Waals surface area contributed by atoms with Crippen LogP contribution < -0.4 is 5.01 Å². The molecule has 0 amide bonds. The van der Waals surface area contributed by atoms with E-state index in [1.807, 2.05) is 17.1 Å². The molecule has 1 atom stereocenters. The zero-order valence-corrected chi connectivity index (χ0v) is 14.6. The molecule has 0 saturated heterocycles. The van der Waals surface area contributed by atoms with Gasteiger partial charge in [0.05, 0.1) is 17.3 Å². The van der Waals surface area contributed by atoms with Crippen LogP contribution in [0, 0.1) is 5.41 Å². The lowest BCUT2D eigenvalue weighted by Crippen LogP contribution is -2.19. The van der Waals surface area contributed by atoms with Gasteiger partial charge in [-0.2, -0.15) is 5.10 Å². The first kappa shape index (κ1) is 17.0. The van der Waals surface area contributed by atoms with E-state index >= 15 is 0 Å². The molecule has 0 aromatic heterocycles. The van der Waals surface area contributed by atoms with Crippen LogP contribution in [0.4, 0.5) is 5.69 Å². The Bertz CT molecular complexity index is 802. The number of rotatable bonds is 3. The molecular weight excluding hydrogens is 316 g/mol. The molecule has 0 fully saturated rings. The molecule has 1 aliphatic heterocycles. The van der Waals surface area contributed by atoms with Gasteiger partial charge in [-0.15, -0.1) is 0 Å². The number of phenols is 1. The average molecular weight is 338 g/mol. The van der Waals surface area contributed by atoms with Crippen molar-refractivity contribution in [2.45, 2.75) is 33.2 Å². The maximum atomic E-state index is 11.1. The van der Waals surface area contributed by atoms with Gasteiger partial charge in [0.25, 0.3) is 0 Å². The quantitative estimate of drug-likeness (QED) is 0.867. The first-order valence-electron chi connectivity index (χ1n) is 8.25. The third kappa shape index (κ3) is 3.50. The molecule has 0 saturated carbocycles. The van der Waals surface area contributed by atoms with Crippen molar-refractivity contribution in [2.24, 2.45) is 10.5 Å². The van der Waals surface area contributed by atoms with Gasteiger partial charge < -0.3 is 10.2 Å². The molecule has 0 radical (unpaired) electrons. The summed E-state index contributed by atoms with van der Waals surface area (Å²) in [4.78, 5) is 11.1. The van der Waals surface area contributed by atoms with E-state index in [0.29, 0.717) is 0 Å². The Morgan fingerprint density at radius 3 is 2.20 bits per heavy atom. The molecule has 3 rings (SSSR count).